The molecule has 5 nitrogen and oxygen atoms in total. The minimum atomic E-state index is -0.0724. The molecule has 2 aromatic rings. The lowest BCUT2D eigenvalue weighted by Gasteiger charge is -2.16. The zero-order valence-corrected chi connectivity index (χ0v) is 15.9. The van der Waals surface area contributed by atoms with Crippen molar-refractivity contribution in [1.82, 2.24) is 5.32 Å². The number of halogens is 1. The molecule has 0 aromatic heterocycles. The summed E-state index contributed by atoms with van der Waals surface area (Å²) in [6.45, 7) is 0.337. The largest absolute Gasteiger partial charge is 0.493 e. The number of thioether (sulfide) groups is 1. The van der Waals surface area contributed by atoms with Crippen LogP contribution in [0.25, 0.3) is 0 Å². The second-order valence-electron chi connectivity index (χ2n) is 5.01. The predicted octanol–water partition coefficient (Wildman–Crippen LogP) is 3.77. The fourth-order valence-corrected chi connectivity index (χ4v) is 3.08. The number of amides is 1. The van der Waals surface area contributed by atoms with Crippen LogP contribution in [0.3, 0.4) is 0 Å². The van der Waals surface area contributed by atoms with Crippen LogP contribution in [0.4, 0.5) is 0 Å². The first-order valence-corrected chi connectivity index (χ1v) is 8.88. The average Bonchev–Trinajstić information content (AvgIpc) is 2.64. The van der Waals surface area contributed by atoms with Gasteiger partial charge in [-0.2, -0.15) is 0 Å². The van der Waals surface area contributed by atoms with Gasteiger partial charge in [-0.3, -0.25) is 4.79 Å². The maximum absolute atomic E-state index is 12.1. The van der Waals surface area contributed by atoms with Gasteiger partial charge < -0.3 is 19.5 Å². The van der Waals surface area contributed by atoms with Gasteiger partial charge >= 0.3 is 0 Å². The molecule has 134 valence electrons. The monoisotopic (exact) mass is 381 g/mol. The Labute approximate surface area is 156 Å². The van der Waals surface area contributed by atoms with Crippen LogP contribution >= 0.6 is 23.4 Å². The van der Waals surface area contributed by atoms with Crippen LogP contribution in [0.5, 0.6) is 17.2 Å². The molecule has 0 fully saturated rings. The third kappa shape index (κ3) is 5.21. The first kappa shape index (κ1) is 19.3. The van der Waals surface area contributed by atoms with Gasteiger partial charge in [0.1, 0.15) is 0 Å². The summed E-state index contributed by atoms with van der Waals surface area (Å²) in [6.07, 6.45) is 0. The molecule has 2 aromatic carbocycles. The molecule has 0 aliphatic carbocycles. The van der Waals surface area contributed by atoms with E-state index in [4.69, 9.17) is 25.8 Å². The first-order chi connectivity index (χ1) is 12.1. The van der Waals surface area contributed by atoms with Crippen molar-refractivity contribution in [3.8, 4) is 17.2 Å². The number of hydrogen-bond acceptors (Lipinski definition) is 5. The molecule has 0 radical (unpaired) electrons. The number of methoxy groups -OCH3 is 3. The van der Waals surface area contributed by atoms with Gasteiger partial charge in [-0.25, -0.2) is 0 Å². The van der Waals surface area contributed by atoms with E-state index in [0.29, 0.717) is 34.6 Å². The quantitative estimate of drug-likeness (QED) is 0.705. The van der Waals surface area contributed by atoms with E-state index in [1.54, 1.807) is 39.5 Å². The van der Waals surface area contributed by atoms with E-state index < -0.39 is 0 Å². The number of carbonyl (C=O) groups excluding carboxylic acids is 1. The summed E-state index contributed by atoms with van der Waals surface area (Å²) in [5, 5.41) is 3.56. The third-order valence-corrected chi connectivity index (χ3v) is 4.71. The van der Waals surface area contributed by atoms with Crippen molar-refractivity contribution < 1.29 is 19.0 Å². The Morgan fingerprint density at radius 2 is 1.68 bits per heavy atom. The lowest BCUT2D eigenvalue weighted by molar-refractivity contribution is -0.118. The summed E-state index contributed by atoms with van der Waals surface area (Å²) in [7, 11) is 4.66. The van der Waals surface area contributed by atoms with Gasteiger partial charge in [0.15, 0.2) is 11.5 Å². The van der Waals surface area contributed by atoms with Crippen molar-refractivity contribution in [2.24, 2.45) is 0 Å². The highest BCUT2D eigenvalue weighted by atomic mass is 35.5. The van der Waals surface area contributed by atoms with E-state index in [9.17, 15) is 4.79 Å². The standard InChI is InChI=1S/C18H20ClNO4S/c1-22-15-9-4-12(17(23-2)18(15)24-3)10-20-16(21)11-25-14-7-5-13(19)6-8-14/h4-9H,10-11H2,1-3H3,(H,20,21). The SMILES string of the molecule is COc1ccc(CNC(=O)CSc2ccc(Cl)cc2)c(OC)c1OC. The fourth-order valence-electron chi connectivity index (χ4n) is 2.23. The Kier molecular flexibility index (Phi) is 7.28. The normalized spacial score (nSPS) is 10.2. The van der Waals surface area contributed by atoms with Gasteiger partial charge in [-0.1, -0.05) is 11.6 Å². The molecule has 1 N–H and O–H groups in total. The molecule has 0 bridgehead atoms. The third-order valence-electron chi connectivity index (χ3n) is 3.45. The van der Waals surface area contributed by atoms with Crippen LogP contribution in [0, 0.1) is 0 Å². The van der Waals surface area contributed by atoms with Crippen LogP contribution in [0.1, 0.15) is 5.56 Å². The van der Waals surface area contributed by atoms with Crippen LogP contribution in [0.15, 0.2) is 41.3 Å². The first-order valence-electron chi connectivity index (χ1n) is 7.52. The van der Waals surface area contributed by atoms with Crippen molar-refractivity contribution in [3.63, 3.8) is 0 Å². The van der Waals surface area contributed by atoms with Crippen LogP contribution in [-0.4, -0.2) is 33.0 Å². The number of carbonyl (C=O) groups is 1. The Morgan fingerprint density at radius 1 is 1.00 bits per heavy atom. The zero-order chi connectivity index (χ0) is 18.2. The summed E-state index contributed by atoms with van der Waals surface area (Å²) < 4.78 is 16.0. The second-order valence-corrected chi connectivity index (χ2v) is 6.50. The molecule has 0 heterocycles. The van der Waals surface area contributed by atoms with Crippen molar-refractivity contribution in [2.45, 2.75) is 11.4 Å². The maximum atomic E-state index is 12.1. The smallest absolute Gasteiger partial charge is 0.230 e. The number of rotatable bonds is 8. The summed E-state index contributed by atoms with van der Waals surface area (Å²) in [5.74, 6) is 1.88. The summed E-state index contributed by atoms with van der Waals surface area (Å²) >= 11 is 7.30. The summed E-state index contributed by atoms with van der Waals surface area (Å²) in [6, 6.07) is 11.0. The van der Waals surface area contributed by atoms with Crippen LogP contribution < -0.4 is 19.5 Å². The van der Waals surface area contributed by atoms with Gasteiger partial charge in [-0.05, 0) is 36.4 Å². The van der Waals surface area contributed by atoms with Crippen molar-refractivity contribution in [2.75, 3.05) is 27.1 Å². The average molecular weight is 382 g/mol. The molecule has 0 aliphatic rings. The Balaban J connectivity index is 1.96. The van der Waals surface area contributed by atoms with Gasteiger partial charge in [0.05, 0.1) is 27.1 Å². The van der Waals surface area contributed by atoms with Crippen molar-refractivity contribution in [3.05, 3.63) is 47.0 Å². The topological polar surface area (TPSA) is 56.8 Å². The highest BCUT2D eigenvalue weighted by Gasteiger charge is 2.16. The maximum Gasteiger partial charge on any atom is 0.230 e. The highest BCUT2D eigenvalue weighted by molar-refractivity contribution is 8.00. The molecule has 0 atom stereocenters. The molecular formula is C18H20ClNO4S. The van der Waals surface area contributed by atoms with E-state index in [2.05, 4.69) is 5.32 Å². The Morgan fingerprint density at radius 3 is 2.28 bits per heavy atom. The van der Waals surface area contributed by atoms with E-state index in [1.165, 1.54) is 11.8 Å². The van der Waals surface area contributed by atoms with Gasteiger partial charge in [0.25, 0.3) is 0 Å². The molecule has 2 rings (SSSR count). The van der Waals surface area contributed by atoms with E-state index in [0.717, 1.165) is 10.5 Å². The van der Waals surface area contributed by atoms with Crippen molar-refractivity contribution in [1.29, 1.82) is 0 Å². The lowest BCUT2D eigenvalue weighted by atomic mass is 10.1. The lowest BCUT2D eigenvalue weighted by Crippen LogP contribution is -2.24. The number of nitrogens with one attached hydrogen (secondary N) is 1. The molecule has 0 spiro atoms. The van der Waals surface area contributed by atoms with E-state index in [-0.39, 0.29) is 5.91 Å². The molecule has 0 unspecified atom stereocenters. The number of hydrogen-bond donors (Lipinski definition) is 1. The second kappa shape index (κ2) is 9.44. The summed E-state index contributed by atoms with van der Waals surface area (Å²) in [5.41, 5.74) is 0.810. The van der Waals surface area contributed by atoms with Gasteiger partial charge in [-0.15, -0.1) is 11.8 Å². The van der Waals surface area contributed by atoms with E-state index in [1.807, 2.05) is 18.2 Å². The van der Waals surface area contributed by atoms with Gasteiger partial charge in [0, 0.05) is 22.0 Å². The summed E-state index contributed by atoms with van der Waals surface area (Å²) in [4.78, 5) is 13.1. The fraction of sp³-hybridized carbons (Fsp3) is 0.278. The molecular weight excluding hydrogens is 362 g/mol. The molecule has 25 heavy (non-hydrogen) atoms. The molecule has 0 aliphatic heterocycles. The van der Waals surface area contributed by atoms with Crippen molar-refractivity contribution >= 4 is 29.3 Å². The Hall–Kier alpha value is -2.05. The van der Waals surface area contributed by atoms with Gasteiger partial charge in [0.2, 0.25) is 11.7 Å². The minimum absolute atomic E-state index is 0.0724. The zero-order valence-electron chi connectivity index (χ0n) is 14.3. The van der Waals surface area contributed by atoms with Crippen LogP contribution in [0.2, 0.25) is 5.02 Å². The Bertz CT molecular complexity index is 722. The molecule has 7 heteroatoms. The number of benzene rings is 2. The molecule has 0 saturated heterocycles. The van der Waals surface area contributed by atoms with Crippen LogP contribution in [-0.2, 0) is 11.3 Å². The minimum Gasteiger partial charge on any atom is -0.493 e. The predicted molar refractivity (Wildman–Crippen MR) is 100 cm³/mol. The molecule has 0 saturated carbocycles. The molecule has 1 amide bonds. The number of ether oxygens (including phenoxy) is 3. The highest BCUT2D eigenvalue weighted by Crippen LogP contribution is 2.39. The van der Waals surface area contributed by atoms with E-state index >= 15 is 0 Å².